The number of alkyl halides is 1. The van der Waals surface area contributed by atoms with Crippen LogP contribution in [0.15, 0.2) is 18.2 Å². The normalized spacial score (nSPS) is 17.0. The van der Waals surface area contributed by atoms with Crippen LogP contribution in [0.4, 0.5) is 5.69 Å². The number of rotatable bonds is 4. The zero-order valence-corrected chi connectivity index (χ0v) is 19.8. The van der Waals surface area contributed by atoms with Crippen molar-refractivity contribution in [3.05, 3.63) is 28.8 Å². The van der Waals surface area contributed by atoms with E-state index in [-0.39, 0.29) is 0 Å². The number of likely N-dealkylation sites (tertiary alicyclic amines) is 1. The summed E-state index contributed by atoms with van der Waals surface area (Å²) in [4.78, 5) is 15.3. The smallest absolute Gasteiger partial charge is 0.151 e. The Kier molecular flexibility index (Phi) is 15.5. The number of hydrogen-bond acceptors (Lipinski definition) is 5. The molecular formula is C21H38Cl2N4O. The van der Waals surface area contributed by atoms with Crippen molar-refractivity contribution in [2.24, 2.45) is 0 Å². The van der Waals surface area contributed by atoms with Gasteiger partial charge in [-0.05, 0) is 65.3 Å². The van der Waals surface area contributed by atoms with Crippen LogP contribution in [0.3, 0.4) is 0 Å². The van der Waals surface area contributed by atoms with Gasteiger partial charge >= 0.3 is 0 Å². The first-order valence-corrected chi connectivity index (χ1v) is 11.1. The van der Waals surface area contributed by atoms with Crippen molar-refractivity contribution in [3.8, 4) is 0 Å². The first kappa shape index (κ1) is 27.1. The molecular weight excluding hydrogens is 395 g/mol. The molecule has 162 valence electrons. The van der Waals surface area contributed by atoms with Crippen molar-refractivity contribution >= 4 is 35.2 Å². The van der Waals surface area contributed by atoms with E-state index in [9.17, 15) is 4.79 Å². The number of benzene rings is 1. The lowest BCUT2D eigenvalue weighted by atomic mass is 9.98. The number of carbonyl (C=O) groups is 1. The van der Waals surface area contributed by atoms with Crippen LogP contribution in [0.5, 0.6) is 0 Å². The summed E-state index contributed by atoms with van der Waals surface area (Å²) >= 11 is 10.7. The molecule has 2 N–H and O–H groups in total. The molecule has 0 aliphatic carbocycles. The average molecular weight is 433 g/mol. The fourth-order valence-electron chi connectivity index (χ4n) is 3.02. The van der Waals surface area contributed by atoms with Crippen molar-refractivity contribution in [3.63, 3.8) is 0 Å². The number of aldehydes is 1. The predicted octanol–water partition coefficient (Wildman–Crippen LogP) is 4.06. The fraction of sp³-hybridized carbons (Fsp3) is 0.667. The molecule has 1 aromatic carbocycles. The largest absolute Gasteiger partial charge is 0.380 e. The minimum Gasteiger partial charge on any atom is -0.380 e. The van der Waals surface area contributed by atoms with E-state index in [0.29, 0.717) is 16.6 Å². The lowest BCUT2D eigenvalue weighted by Crippen LogP contribution is -2.60. The maximum atomic E-state index is 10.7. The molecule has 2 fully saturated rings. The third-order valence-corrected chi connectivity index (χ3v) is 4.56. The van der Waals surface area contributed by atoms with E-state index in [4.69, 9.17) is 11.6 Å². The lowest BCUT2D eigenvalue weighted by molar-refractivity contribution is 0.0829. The molecule has 5 nitrogen and oxygen atoms in total. The first-order valence-electron chi connectivity index (χ1n) is 9.94. The average Bonchev–Trinajstić information content (AvgIpc) is 2.68. The number of anilines is 1. The van der Waals surface area contributed by atoms with Gasteiger partial charge in [0.1, 0.15) is 0 Å². The Labute approximate surface area is 181 Å². The maximum Gasteiger partial charge on any atom is 0.151 e. The second-order valence-corrected chi connectivity index (χ2v) is 7.38. The minimum absolute atomic E-state index is 0.489. The van der Waals surface area contributed by atoms with E-state index in [2.05, 4.69) is 27.1 Å². The number of nitrogens with zero attached hydrogens (tertiary/aromatic N) is 2. The molecule has 0 amide bonds. The fourth-order valence-corrected chi connectivity index (χ4v) is 3.25. The third kappa shape index (κ3) is 10.1. The quantitative estimate of drug-likeness (QED) is 0.554. The van der Waals surface area contributed by atoms with Crippen LogP contribution in [-0.2, 0) is 0 Å². The molecule has 28 heavy (non-hydrogen) atoms. The summed E-state index contributed by atoms with van der Waals surface area (Å²) in [6, 6.07) is 6.75. The Bertz CT molecular complexity index is 528. The number of nitrogens with one attached hydrogen (secondary N) is 2. The molecule has 0 bridgehead atoms. The van der Waals surface area contributed by atoms with Gasteiger partial charge in [0.25, 0.3) is 0 Å². The van der Waals surface area contributed by atoms with Crippen molar-refractivity contribution in [2.45, 2.75) is 38.8 Å². The lowest BCUT2D eigenvalue weighted by Gasteiger charge is -2.46. The molecule has 0 spiro atoms. The van der Waals surface area contributed by atoms with Gasteiger partial charge in [-0.15, -0.1) is 11.6 Å². The number of hydrogen-bond donors (Lipinski definition) is 2. The maximum absolute atomic E-state index is 10.7. The van der Waals surface area contributed by atoms with Gasteiger partial charge in [0.2, 0.25) is 0 Å². The summed E-state index contributed by atoms with van der Waals surface area (Å²) in [5.74, 6) is 0. The third-order valence-electron chi connectivity index (χ3n) is 4.23. The predicted molar refractivity (Wildman–Crippen MR) is 124 cm³/mol. The van der Waals surface area contributed by atoms with Gasteiger partial charge < -0.3 is 15.5 Å². The van der Waals surface area contributed by atoms with Crippen LogP contribution in [0.25, 0.3) is 0 Å². The van der Waals surface area contributed by atoms with E-state index in [1.54, 1.807) is 6.07 Å². The van der Waals surface area contributed by atoms with Crippen molar-refractivity contribution in [2.75, 3.05) is 59.0 Å². The van der Waals surface area contributed by atoms with Gasteiger partial charge in [0.05, 0.1) is 11.1 Å². The van der Waals surface area contributed by atoms with Crippen molar-refractivity contribution < 1.29 is 4.79 Å². The summed E-state index contributed by atoms with van der Waals surface area (Å²) < 4.78 is 0. The van der Waals surface area contributed by atoms with Gasteiger partial charge in [-0.3, -0.25) is 9.69 Å². The first-order chi connectivity index (χ1) is 13.5. The van der Waals surface area contributed by atoms with E-state index >= 15 is 0 Å². The zero-order chi connectivity index (χ0) is 21.5. The summed E-state index contributed by atoms with van der Waals surface area (Å²) in [6.45, 7) is 8.47. The van der Waals surface area contributed by atoms with Crippen molar-refractivity contribution in [1.82, 2.24) is 15.1 Å². The van der Waals surface area contributed by atoms with E-state index < -0.39 is 0 Å². The Morgan fingerprint density at radius 3 is 2.14 bits per heavy atom. The molecule has 0 unspecified atom stereocenters. The summed E-state index contributed by atoms with van der Waals surface area (Å²) in [6.07, 6.45) is 4.77. The Morgan fingerprint density at radius 1 is 1.14 bits per heavy atom. The van der Waals surface area contributed by atoms with Crippen LogP contribution in [-0.4, -0.2) is 81.9 Å². The van der Waals surface area contributed by atoms with Gasteiger partial charge in [0, 0.05) is 36.8 Å². The topological polar surface area (TPSA) is 47.6 Å². The highest BCUT2D eigenvalue weighted by molar-refractivity contribution is 6.33. The number of carbonyl (C=O) groups excluding carboxylic acids is 1. The number of piperidine rings is 1. The highest BCUT2D eigenvalue weighted by Gasteiger charge is 2.32. The molecule has 0 aromatic heterocycles. The summed E-state index contributed by atoms with van der Waals surface area (Å²) in [7, 11) is 6.00. The SMILES string of the molecule is CC.CCl.CN(C)C.O=Cc1ccc(NC2CN(C3CCNCC3)C2)cc1Cl. The molecule has 2 heterocycles. The summed E-state index contributed by atoms with van der Waals surface area (Å²) in [5.41, 5.74) is 1.54. The Morgan fingerprint density at radius 2 is 1.68 bits per heavy atom. The monoisotopic (exact) mass is 432 g/mol. The van der Waals surface area contributed by atoms with Gasteiger partial charge in [-0.1, -0.05) is 25.4 Å². The Hall–Kier alpha value is -0.850. The number of halogens is 2. The minimum atomic E-state index is 0.489. The zero-order valence-electron chi connectivity index (χ0n) is 18.3. The summed E-state index contributed by atoms with van der Waals surface area (Å²) in [5, 5.41) is 7.40. The van der Waals surface area contributed by atoms with Crippen molar-refractivity contribution in [1.29, 1.82) is 0 Å². The highest BCUT2D eigenvalue weighted by atomic mass is 35.5. The van der Waals surface area contributed by atoms with E-state index in [1.165, 1.54) is 19.2 Å². The molecule has 3 rings (SSSR count). The van der Waals surface area contributed by atoms with Crippen LogP contribution in [0.1, 0.15) is 37.0 Å². The van der Waals surface area contributed by atoms with Crippen LogP contribution in [0.2, 0.25) is 5.02 Å². The highest BCUT2D eigenvalue weighted by Crippen LogP contribution is 2.24. The molecule has 1 aromatic rings. The van der Waals surface area contributed by atoms with E-state index in [0.717, 1.165) is 44.2 Å². The second-order valence-electron chi connectivity index (χ2n) is 6.97. The van der Waals surface area contributed by atoms with Crippen LogP contribution >= 0.6 is 23.2 Å². The van der Waals surface area contributed by atoms with Gasteiger partial charge in [-0.25, -0.2) is 0 Å². The molecule has 0 saturated carbocycles. The molecule has 2 saturated heterocycles. The molecule has 0 radical (unpaired) electrons. The molecule has 2 aliphatic heterocycles. The van der Waals surface area contributed by atoms with E-state index in [1.807, 2.05) is 52.0 Å². The molecule has 7 heteroatoms. The molecule has 2 aliphatic rings. The van der Waals surface area contributed by atoms with Gasteiger partial charge in [0.15, 0.2) is 6.29 Å². The van der Waals surface area contributed by atoms with Crippen LogP contribution in [0, 0.1) is 0 Å². The second kappa shape index (κ2) is 16.0. The van der Waals surface area contributed by atoms with Crippen LogP contribution < -0.4 is 10.6 Å². The van der Waals surface area contributed by atoms with Gasteiger partial charge in [-0.2, -0.15) is 0 Å². The molecule has 0 atom stereocenters. The standard InChI is InChI=1S/C15H20ClN3O.C3H9N.C2H6.CH3Cl/c16-15-7-12(2-1-11(15)10-20)18-13-8-19(9-13)14-3-5-17-6-4-14;1-4(2)3;2*1-2/h1-2,7,10,13-14,17-18H,3-6,8-9H2;1-3H3;1-2H3;1H3. The Balaban J connectivity index is 0.000000797.